The Labute approximate surface area is 184 Å². The molecule has 1 aliphatic heterocycles. The van der Waals surface area contributed by atoms with Crippen molar-refractivity contribution in [3.05, 3.63) is 34.9 Å². The summed E-state index contributed by atoms with van der Waals surface area (Å²) in [6.45, 7) is 0.112. The van der Waals surface area contributed by atoms with E-state index >= 15 is 0 Å². The van der Waals surface area contributed by atoms with Crippen molar-refractivity contribution in [2.75, 3.05) is 19.7 Å². The molecule has 2 fully saturated rings. The van der Waals surface area contributed by atoms with E-state index in [0.29, 0.717) is 29.1 Å². The molecule has 2 bridgehead atoms. The zero-order valence-electron chi connectivity index (χ0n) is 17.6. The summed E-state index contributed by atoms with van der Waals surface area (Å²) in [5.41, 5.74) is 1.24. The highest BCUT2D eigenvalue weighted by molar-refractivity contribution is 7.87. The zero-order valence-corrected chi connectivity index (χ0v) is 18.4. The molecular weight excluding hydrogens is 449 g/mol. The Hall–Kier alpha value is -1.98. The summed E-state index contributed by atoms with van der Waals surface area (Å²) < 4.78 is 71.9. The lowest BCUT2D eigenvalue weighted by atomic mass is 9.79. The fourth-order valence-electron chi connectivity index (χ4n) is 5.46. The van der Waals surface area contributed by atoms with Crippen molar-refractivity contribution in [2.45, 2.75) is 50.7 Å². The maximum Gasteiger partial charge on any atom is 0.402 e. The Balaban J connectivity index is 1.59. The van der Waals surface area contributed by atoms with Gasteiger partial charge >= 0.3 is 12.1 Å². The van der Waals surface area contributed by atoms with E-state index in [1.165, 1.54) is 0 Å². The number of carbonyl (C=O) groups excluding carboxylic acids is 2. The highest BCUT2D eigenvalue weighted by Crippen LogP contribution is 2.50. The second-order valence-corrected chi connectivity index (χ2v) is 10.5. The lowest BCUT2D eigenvalue weighted by molar-refractivity contribution is -0.142. The van der Waals surface area contributed by atoms with E-state index in [1.54, 1.807) is 25.1 Å². The van der Waals surface area contributed by atoms with E-state index < -0.39 is 34.4 Å². The number of nitrogens with one attached hydrogen (secondary N) is 1. The first-order valence-electron chi connectivity index (χ1n) is 10.6. The van der Waals surface area contributed by atoms with Crippen LogP contribution >= 0.6 is 0 Å². The molecule has 32 heavy (non-hydrogen) atoms. The third-order valence-corrected chi connectivity index (χ3v) is 8.42. The number of fused-ring (bicyclic) bond motifs is 1. The van der Waals surface area contributed by atoms with E-state index in [-0.39, 0.29) is 37.2 Å². The van der Waals surface area contributed by atoms with Gasteiger partial charge in [-0.25, -0.2) is 0 Å². The summed E-state index contributed by atoms with van der Waals surface area (Å²) in [6, 6.07) is 5.17. The molecule has 1 aromatic rings. The number of ketones is 1. The number of Topliss-reactive ketones (excluding diaryl/α,β-unsaturated/α-hetero) is 1. The van der Waals surface area contributed by atoms with Gasteiger partial charge in [0.05, 0.1) is 12.1 Å². The number of benzene rings is 1. The van der Waals surface area contributed by atoms with Crippen LogP contribution in [0.25, 0.3) is 0 Å². The third-order valence-electron chi connectivity index (χ3n) is 6.84. The normalized spacial score (nSPS) is 29.0. The Morgan fingerprint density at radius 3 is 2.47 bits per heavy atom. The number of hydrogen-bond donors (Lipinski definition) is 1. The van der Waals surface area contributed by atoms with Gasteiger partial charge in [0.2, 0.25) is 0 Å². The molecule has 0 amide bonds. The first kappa shape index (κ1) is 23.2. The maximum atomic E-state index is 13.0. The van der Waals surface area contributed by atoms with Crippen LogP contribution in [0.5, 0.6) is 0 Å². The number of hydrogen-bond acceptors (Lipinski definition) is 5. The average Bonchev–Trinajstić information content (AvgIpc) is 3.05. The van der Waals surface area contributed by atoms with Crippen LogP contribution in [0.1, 0.15) is 47.7 Å². The Kier molecular flexibility index (Phi) is 5.87. The number of ether oxygens (including phenoxy) is 1. The van der Waals surface area contributed by atoms with Crippen molar-refractivity contribution >= 4 is 22.0 Å². The molecule has 7 nitrogen and oxygen atoms in total. The first-order valence-corrected chi connectivity index (χ1v) is 12.0. The van der Waals surface area contributed by atoms with E-state index in [9.17, 15) is 31.2 Å². The van der Waals surface area contributed by atoms with Crippen molar-refractivity contribution in [3.63, 3.8) is 0 Å². The number of esters is 1. The first-order chi connectivity index (χ1) is 14.9. The lowest BCUT2D eigenvalue weighted by Crippen LogP contribution is -2.52. The van der Waals surface area contributed by atoms with E-state index in [0.717, 1.165) is 17.5 Å². The molecule has 1 aromatic carbocycles. The van der Waals surface area contributed by atoms with Crippen LogP contribution in [-0.4, -0.2) is 55.9 Å². The van der Waals surface area contributed by atoms with Gasteiger partial charge in [0.25, 0.3) is 10.2 Å². The van der Waals surface area contributed by atoms with Crippen molar-refractivity contribution in [3.8, 4) is 0 Å². The van der Waals surface area contributed by atoms with E-state index in [1.807, 2.05) is 0 Å². The van der Waals surface area contributed by atoms with Gasteiger partial charge in [-0.1, -0.05) is 12.1 Å². The molecule has 2 aliphatic carbocycles. The van der Waals surface area contributed by atoms with Crippen LogP contribution in [-0.2, 0) is 32.6 Å². The zero-order chi connectivity index (χ0) is 23.3. The van der Waals surface area contributed by atoms with Crippen LogP contribution in [0.15, 0.2) is 18.2 Å². The number of nitrogens with zero attached hydrogens (tertiary/aromatic N) is 1. The molecule has 0 unspecified atom stereocenters. The van der Waals surface area contributed by atoms with Gasteiger partial charge in [-0.05, 0) is 61.6 Å². The topological polar surface area (TPSA) is 92.8 Å². The predicted molar refractivity (Wildman–Crippen MR) is 108 cm³/mol. The largest absolute Gasteiger partial charge is 0.466 e. The van der Waals surface area contributed by atoms with Gasteiger partial charge in [-0.3, -0.25) is 9.59 Å². The van der Waals surface area contributed by atoms with E-state index in [2.05, 4.69) is 4.72 Å². The number of halogens is 3. The summed E-state index contributed by atoms with van der Waals surface area (Å²) in [4.78, 5) is 24.1. The van der Waals surface area contributed by atoms with Crippen LogP contribution in [0.4, 0.5) is 13.2 Å². The molecule has 1 saturated heterocycles. The molecule has 3 atom stereocenters. The minimum atomic E-state index is -4.62. The second kappa shape index (κ2) is 8.11. The number of alkyl halides is 3. The Bertz CT molecular complexity index is 1040. The molecule has 1 spiro atoms. The van der Waals surface area contributed by atoms with Crippen molar-refractivity contribution in [1.82, 2.24) is 9.03 Å². The average molecular weight is 475 g/mol. The quantitative estimate of drug-likeness (QED) is 0.402. The molecule has 0 aromatic heterocycles. The molecule has 0 radical (unpaired) electrons. The molecule has 3 aliphatic rings. The summed E-state index contributed by atoms with van der Waals surface area (Å²) in [7, 11) is -4.24. The molecule has 1 saturated carbocycles. The van der Waals surface area contributed by atoms with Gasteiger partial charge in [0, 0.05) is 12.1 Å². The monoisotopic (exact) mass is 474 g/mol. The van der Waals surface area contributed by atoms with Crippen molar-refractivity contribution in [1.29, 1.82) is 0 Å². The predicted octanol–water partition coefficient (Wildman–Crippen LogP) is 2.40. The van der Waals surface area contributed by atoms with Gasteiger partial charge in [-0.15, -0.1) is 0 Å². The van der Waals surface area contributed by atoms with Crippen LogP contribution in [0, 0.1) is 11.8 Å². The summed E-state index contributed by atoms with van der Waals surface area (Å²) in [5, 5.41) is 0. The molecule has 176 valence electrons. The van der Waals surface area contributed by atoms with Gasteiger partial charge < -0.3 is 4.74 Å². The smallest absolute Gasteiger partial charge is 0.402 e. The molecular formula is C21H25F3N2O5S. The van der Waals surface area contributed by atoms with E-state index in [4.69, 9.17) is 4.74 Å². The summed E-state index contributed by atoms with van der Waals surface area (Å²) in [5.74, 6) is -1.29. The Morgan fingerprint density at radius 2 is 1.84 bits per heavy atom. The fraction of sp³-hybridized carbons (Fsp3) is 0.619. The number of carbonyl (C=O) groups is 2. The standard InChI is InChI=1S/C21H25F3N2O5S/c1-2-31-19(28)10-18(27)14-4-3-13-8-16-5-6-17(9-15(13)7-14)20(16)11-26(12-21(22,23)24)32(29,30)25-20/h3-4,7,16-17,25H,2,5-6,8-12H2,1H3/t16-,17+,20-/m1/s1. The fourth-order valence-corrected chi connectivity index (χ4v) is 7.17. The van der Waals surface area contributed by atoms with Crippen LogP contribution < -0.4 is 4.72 Å². The maximum absolute atomic E-state index is 13.0. The summed E-state index contributed by atoms with van der Waals surface area (Å²) in [6.07, 6.45) is -2.62. The van der Waals surface area contributed by atoms with Crippen molar-refractivity contribution < 1.29 is 35.9 Å². The minimum absolute atomic E-state index is 0.136. The molecule has 1 heterocycles. The Morgan fingerprint density at radius 1 is 1.19 bits per heavy atom. The second-order valence-electron chi connectivity index (χ2n) is 8.80. The van der Waals surface area contributed by atoms with Crippen molar-refractivity contribution in [2.24, 2.45) is 11.8 Å². The lowest BCUT2D eigenvalue weighted by Gasteiger charge is -2.33. The van der Waals surface area contributed by atoms with Gasteiger partial charge in [0.15, 0.2) is 5.78 Å². The molecule has 4 rings (SSSR count). The number of rotatable bonds is 5. The van der Waals surface area contributed by atoms with Crippen LogP contribution in [0.2, 0.25) is 0 Å². The highest BCUT2D eigenvalue weighted by atomic mass is 32.2. The SMILES string of the molecule is CCOC(=O)CC(=O)c1ccc2c(c1)C[C@@H]1CC[C@H](C2)[C@]12CN(CC(F)(F)F)S(=O)(=O)N2. The third kappa shape index (κ3) is 4.29. The minimum Gasteiger partial charge on any atom is -0.466 e. The molecule has 11 heteroatoms. The summed E-state index contributed by atoms with van der Waals surface area (Å²) >= 11 is 0. The van der Waals surface area contributed by atoms with Gasteiger partial charge in [0.1, 0.15) is 13.0 Å². The van der Waals surface area contributed by atoms with Gasteiger partial charge in [-0.2, -0.15) is 30.6 Å². The molecule has 1 N–H and O–H groups in total. The van der Waals surface area contributed by atoms with Crippen LogP contribution in [0.3, 0.4) is 0 Å². The highest BCUT2D eigenvalue weighted by Gasteiger charge is 2.60.